The van der Waals surface area contributed by atoms with Gasteiger partial charge in [-0.2, -0.15) is 0 Å². The molecule has 0 spiro atoms. The Morgan fingerprint density at radius 3 is 3.00 bits per heavy atom. The molecule has 1 amide bonds. The molecule has 3 atom stereocenters. The lowest BCUT2D eigenvalue weighted by atomic mass is 9.95. The van der Waals surface area contributed by atoms with Crippen molar-refractivity contribution in [3.63, 3.8) is 0 Å². The lowest BCUT2D eigenvalue weighted by Gasteiger charge is -2.20. The number of ether oxygens (including phenoxy) is 1. The third-order valence-electron chi connectivity index (χ3n) is 4.04. The predicted molar refractivity (Wildman–Crippen MR) is 73.0 cm³/mol. The minimum Gasteiger partial charge on any atom is -0.373 e. The van der Waals surface area contributed by atoms with Crippen molar-refractivity contribution in [2.75, 3.05) is 6.54 Å². The average Bonchev–Trinajstić information content (AvgIpc) is 3.02. The Bertz CT molecular complexity index is 475. The zero-order valence-electron chi connectivity index (χ0n) is 11.0. The molecule has 3 rings (SSSR count). The molecule has 2 bridgehead atoms. The highest BCUT2D eigenvalue weighted by atomic mass is 16.5. The molecule has 3 N–H and O–H groups in total. The van der Waals surface area contributed by atoms with E-state index < -0.39 is 0 Å². The highest BCUT2D eigenvalue weighted by molar-refractivity contribution is 5.94. The van der Waals surface area contributed by atoms with Crippen LogP contribution in [0.4, 0.5) is 0 Å². The van der Waals surface area contributed by atoms with Gasteiger partial charge in [-0.1, -0.05) is 12.1 Å². The van der Waals surface area contributed by atoms with E-state index in [1.54, 1.807) is 0 Å². The standard InChI is InChI=1S/C15H20N2O2/c16-7-6-10-2-1-3-11(8-10)15(18)17-13-9-12-4-5-14(13)19-12/h1-3,8,12-14H,4-7,9,16H2,(H,17,18). The quantitative estimate of drug-likeness (QED) is 0.856. The van der Waals surface area contributed by atoms with E-state index in [4.69, 9.17) is 10.5 Å². The zero-order valence-corrected chi connectivity index (χ0v) is 11.0. The lowest BCUT2D eigenvalue weighted by Crippen LogP contribution is -2.41. The summed E-state index contributed by atoms with van der Waals surface area (Å²) in [5.74, 6) is 0.0000198. The number of nitrogens with two attached hydrogens (primary N) is 1. The van der Waals surface area contributed by atoms with Gasteiger partial charge in [0.05, 0.1) is 18.2 Å². The second-order valence-electron chi connectivity index (χ2n) is 5.43. The third-order valence-corrected chi connectivity index (χ3v) is 4.04. The zero-order chi connectivity index (χ0) is 13.2. The van der Waals surface area contributed by atoms with Gasteiger partial charge < -0.3 is 15.8 Å². The van der Waals surface area contributed by atoms with E-state index in [1.165, 1.54) is 0 Å². The fraction of sp³-hybridized carbons (Fsp3) is 0.533. The van der Waals surface area contributed by atoms with Gasteiger partial charge in [0.25, 0.3) is 5.91 Å². The first-order valence-corrected chi connectivity index (χ1v) is 7.01. The Hall–Kier alpha value is -1.39. The summed E-state index contributed by atoms with van der Waals surface area (Å²) in [6.45, 7) is 0.602. The first-order chi connectivity index (χ1) is 9.26. The molecule has 1 aromatic rings. The molecule has 4 nitrogen and oxygen atoms in total. The van der Waals surface area contributed by atoms with Crippen LogP contribution in [-0.2, 0) is 11.2 Å². The van der Waals surface area contributed by atoms with Crippen LogP contribution in [0.15, 0.2) is 24.3 Å². The molecule has 2 fully saturated rings. The van der Waals surface area contributed by atoms with Crippen molar-refractivity contribution in [1.29, 1.82) is 0 Å². The average molecular weight is 260 g/mol. The fourth-order valence-corrected chi connectivity index (χ4v) is 3.08. The summed E-state index contributed by atoms with van der Waals surface area (Å²) < 4.78 is 5.75. The summed E-state index contributed by atoms with van der Waals surface area (Å²) in [6.07, 6.45) is 4.56. The Labute approximate surface area is 113 Å². The first-order valence-electron chi connectivity index (χ1n) is 7.01. The number of benzene rings is 1. The second-order valence-corrected chi connectivity index (χ2v) is 5.43. The van der Waals surface area contributed by atoms with Gasteiger partial charge in [0.1, 0.15) is 0 Å². The van der Waals surface area contributed by atoms with Gasteiger partial charge in [0.15, 0.2) is 0 Å². The minimum absolute atomic E-state index is 0.0000198. The number of hydrogen-bond donors (Lipinski definition) is 2. The molecule has 0 aromatic heterocycles. The van der Waals surface area contributed by atoms with Crippen molar-refractivity contribution in [1.82, 2.24) is 5.32 Å². The SMILES string of the molecule is NCCc1cccc(C(=O)NC2CC3CCC2O3)c1. The fourth-order valence-electron chi connectivity index (χ4n) is 3.08. The molecule has 0 saturated carbocycles. The van der Waals surface area contributed by atoms with Crippen LogP contribution < -0.4 is 11.1 Å². The molecule has 3 unspecified atom stereocenters. The minimum atomic E-state index is 0.0000198. The van der Waals surface area contributed by atoms with Gasteiger partial charge in [-0.15, -0.1) is 0 Å². The summed E-state index contributed by atoms with van der Waals surface area (Å²) in [7, 11) is 0. The van der Waals surface area contributed by atoms with E-state index in [0.29, 0.717) is 18.2 Å². The van der Waals surface area contributed by atoms with E-state index in [1.807, 2.05) is 24.3 Å². The maximum absolute atomic E-state index is 12.2. The Kier molecular flexibility index (Phi) is 3.53. The van der Waals surface area contributed by atoms with Crippen LogP contribution in [0, 0.1) is 0 Å². The summed E-state index contributed by atoms with van der Waals surface area (Å²) in [4.78, 5) is 12.2. The summed E-state index contributed by atoms with van der Waals surface area (Å²) in [5, 5.41) is 3.10. The molecular formula is C15H20N2O2. The third kappa shape index (κ3) is 2.65. The topological polar surface area (TPSA) is 64.4 Å². The van der Waals surface area contributed by atoms with E-state index in [9.17, 15) is 4.79 Å². The van der Waals surface area contributed by atoms with Crippen LogP contribution in [0.2, 0.25) is 0 Å². The van der Waals surface area contributed by atoms with Crippen molar-refractivity contribution in [2.45, 2.75) is 43.9 Å². The number of amides is 1. The Morgan fingerprint density at radius 1 is 1.42 bits per heavy atom. The Morgan fingerprint density at radius 2 is 2.32 bits per heavy atom. The molecule has 0 aliphatic carbocycles. The van der Waals surface area contributed by atoms with Crippen molar-refractivity contribution < 1.29 is 9.53 Å². The normalized spacial score (nSPS) is 28.6. The molecule has 102 valence electrons. The van der Waals surface area contributed by atoms with Gasteiger partial charge in [-0.3, -0.25) is 4.79 Å². The molecule has 2 heterocycles. The number of fused-ring (bicyclic) bond motifs is 2. The maximum Gasteiger partial charge on any atom is 0.251 e. The number of carbonyl (C=O) groups is 1. The molecule has 4 heteroatoms. The van der Waals surface area contributed by atoms with Crippen LogP contribution in [-0.4, -0.2) is 30.7 Å². The van der Waals surface area contributed by atoms with E-state index in [2.05, 4.69) is 5.32 Å². The molecule has 2 saturated heterocycles. The van der Waals surface area contributed by atoms with Crippen molar-refractivity contribution in [2.24, 2.45) is 5.73 Å². The van der Waals surface area contributed by atoms with Crippen LogP contribution in [0.25, 0.3) is 0 Å². The van der Waals surface area contributed by atoms with Crippen LogP contribution in [0.5, 0.6) is 0 Å². The number of rotatable bonds is 4. The van der Waals surface area contributed by atoms with Crippen molar-refractivity contribution >= 4 is 5.91 Å². The molecule has 0 radical (unpaired) electrons. The van der Waals surface area contributed by atoms with Gasteiger partial charge in [0, 0.05) is 5.56 Å². The summed E-state index contributed by atoms with van der Waals surface area (Å²) in [6, 6.07) is 7.88. The predicted octanol–water partition coefficient (Wildman–Crippen LogP) is 1.24. The van der Waals surface area contributed by atoms with Crippen molar-refractivity contribution in [3.05, 3.63) is 35.4 Å². The highest BCUT2D eigenvalue weighted by Crippen LogP contribution is 2.34. The molecule has 19 heavy (non-hydrogen) atoms. The first kappa shape index (κ1) is 12.6. The van der Waals surface area contributed by atoms with Gasteiger partial charge in [0.2, 0.25) is 0 Å². The van der Waals surface area contributed by atoms with E-state index >= 15 is 0 Å². The number of nitrogens with one attached hydrogen (secondary N) is 1. The monoisotopic (exact) mass is 260 g/mol. The molecular weight excluding hydrogens is 240 g/mol. The van der Waals surface area contributed by atoms with Crippen molar-refractivity contribution in [3.8, 4) is 0 Å². The number of hydrogen-bond acceptors (Lipinski definition) is 3. The van der Waals surface area contributed by atoms with Crippen LogP contribution in [0.1, 0.15) is 35.2 Å². The smallest absolute Gasteiger partial charge is 0.251 e. The van der Waals surface area contributed by atoms with Gasteiger partial charge in [-0.25, -0.2) is 0 Å². The van der Waals surface area contributed by atoms with E-state index in [-0.39, 0.29) is 18.1 Å². The van der Waals surface area contributed by atoms with E-state index in [0.717, 1.165) is 31.2 Å². The summed E-state index contributed by atoms with van der Waals surface area (Å²) in [5.41, 5.74) is 7.37. The molecule has 2 aliphatic heterocycles. The van der Waals surface area contributed by atoms with Gasteiger partial charge in [-0.05, 0) is 49.9 Å². The maximum atomic E-state index is 12.2. The molecule has 2 aliphatic rings. The second kappa shape index (κ2) is 5.31. The largest absolute Gasteiger partial charge is 0.373 e. The summed E-state index contributed by atoms with van der Waals surface area (Å²) >= 11 is 0. The number of carbonyl (C=O) groups excluding carboxylic acids is 1. The highest BCUT2D eigenvalue weighted by Gasteiger charge is 2.41. The van der Waals surface area contributed by atoms with Crippen LogP contribution >= 0.6 is 0 Å². The lowest BCUT2D eigenvalue weighted by molar-refractivity contribution is 0.0841. The van der Waals surface area contributed by atoms with Gasteiger partial charge >= 0.3 is 0 Å². The Balaban J connectivity index is 1.65. The van der Waals surface area contributed by atoms with Crippen LogP contribution in [0.3, 0.4) is 0 Å². The molecule has 1 aromatic carbocycles.